The molecule has 1 amide bonds. The number of hydrogen-bond donors (Lipinski definition) is 0. The Kier molecular flexibility index (Phi) is 3.21. The number of amides is 1. The van der Waals surface area contributed by atoms with Gasteiger partial charge in [-0.25, -0.2) is 8.78 Å². The number of carbonyl (C=O) groups excluding carboxylic acids is 2. The Morgan fingerprint density at radius 1 is 1.00 bits per heavy atom. The number of pyridine rings is 1. The van der Waals surface area contributed by atoms with Crippen LogP contribution in [0.15, 0.2) is 36.7 Å². The Morgan fingerprint density at radius 3 is 2.38 bits per heavy atom. The average Bonchev–Trinajstić information content (AvgIpc) is 2.75. The quantitative estimate of drug-likeness (QED) is 0.813. The van der Waals surface area contributed by atoms with E-state index >= 15 is 0 Å². The molecule has 2 aromatic rings. The molecular formula is C15H10F2N2O2. The highest BCUT2D eigenvalue weighted by Crippen LogP contribution is 2.33. The van der Waals surface area contributed by atoms with Crippen molar-refractivity contribution in [1.29, 1.82) is 0 Å². The molecule has 3 rings (SSSR count). The number of aromatic nitrogens is 1. The standard InChI is InChI=1S/C15H10F2N2O2/c16-10-1-2-11(17)13-12(10)14(20)15(21)19(13)8-5-9-3-6-18-7-4-9/h1-4,6-7H,5,8H2. The highest BCUT2D eigenvalue weighted by atomic mass is 19.1. The van der Waals surface area contributed by atoms with Gasteiger partial charge in [0.1, 0.15) is 11.6 Å². The van der Waals surface area contributed by atoms with Crippen molar-refractivity contribution < 1.29 is 18.4 Å². The smallest absolute Gasteiger partial charge is 0.299 e. The Morgan fingerprint density at radius 2 is 1.67 bits per heavy atom. The van der Waals surface area contributed by atoms with Gasteiger partial charge in [-0.1, -0.05) is 0 Å². The molecule has 0 aliphatic carbocycles. The molecule has 1 aromatic heterocycles. The summed E-state index contributed by atoms with van der Waals surface area (Å²) in [5.74, 6) is -3.56. The zero-order chi connectivity index (χ0) is 15.0. The minimum atomic E-state index is -1.00. The maximum Gasteiger partial charge on any atom is 0.299 e. The number of fused-ring (bicyclic) bond motifs is 1. The summed E-state index contributed by atoms with van der Waals surface area (Å²) in [5.41, 5.74) is 0.143. The number of rotatable bonds is 3. The zero-order valence-corrected chi connectivity index (χ0v) is 10.8. The van der Waals surface area contributed by atoms with Crippen molar-refractivity contribution in [3.63, 3.8) is 0 Å². The second-order valence-electron chi connectivity index (χ2n) is 4.64. The average molecular weight is 288 g/mol. The van der Waals surface area contributed by atoms with E-state index in [-0.39, 0.29) is 12.2 Å². The first-order valence-corrected chi connectivity index (χ1v) is 6.32. The number of hydrogen-bond acceptors (Lipinski definition) is 3. The topological polar surface area (TPSA) is 50.3 Å². The first-order valence-electron chi connectivity index (χ1n) is 6.32. The van der Waals surface area contributed by atoms with Crippen LogP contribution in [0.2, 0.25) is 0 Å². The van der Waals surface area contributed by atoms with E-state index in [1.165, 1.54) is 0 Å². The molecule has 0 saturated heterocycles. The second kappa shape index (κ2) is 5.05. The van der Waals surface area contributed by atoms with Crippen LogP contribution >= 0.6 is 0 Å². The molecule has 1 aliphatic rings. The van der Waals surface area contributed by atoms with Gasteiger partial charge in [0.05, 0.1) is 11.3 Å². The highest BCUT2D eigenvalue weighted by molar-refractivity contribution is 6.52. The van der Waals surface area contributed by atoms with Crippen molar-refractivity contribution in [1.82, 2.24) is 4.98 Å². The van der Waals surface area contributed by atoms with Crippen molar-refractivity contribution in [2.75, 3.05) is 11.4 Å². The zero-order valence-electron chi connectivity index (χ0n) is 10.8. The highest BCUT2D eigenvalue weighted by Gasteiger charge is 2.40. The van der Waals surface area contributed by atoms with E-state index in [0.29, 0.717) is 6.42 Å². The molecule has 0 saturated carbocycles. The van der Waals surface area contributed by atoms with Crippen molar-refractivity contribution in [3.05, 3.63) is 59.4 Å². The predicted molar refractivity (Wildman–Crippen MR) is 71.0 cm³/mol. The normalized spacial score (nSPS) is 13.7. The first-order chi connectivity index (χ1) is 10.1. The number of carbonyl (C=O) groups is 2. The van der Waals surface area contributed by atoms with Gasteiger partial charge in [-0.3, -0.25) is 14.6 Å². The van der Waals surface area contributed by atoms with E-state index < -0.39 is 28.9 Å². The van der Waals surface area contributed by atoms with Crippen LogP contribution in [-0.4, -0.2) is 23.2 Å². The fraction of sp³-hybridized carbons (Fsp3) is 0.133. The van der Waals surface area contributed by atoms with Crippen LogP contribution < -0.4 is 4.90 Å². The third kappa shape index (κ3) is 2.18. The summed E-state index contributed by atoms with van der Waals surface area (Å²) < 4.78 is 27.5. The lowest BCUT2D eigenvalue weighted by Crippen LogP contribution is -2.32. The number of ketones is 1. The Balaban J connectivity index is 1.93. The van der Waals surface area contributed by atoms with Crippen LogP contribution in [0, 0.1) is 11.6 Å². The van der Waals surface area contributed by atoms with Crippen molar-refractivity contribution in [2.45, 2.75) is 6.42 Å². The van der Waals surface area contributed by atoms with Gasteiger partial charge in [0.25, 0.3) is 11.7 Å². The Labute approximate surface area is 119 Å². The monoisotopic (exact) mass is 288 g/mol. The number of anilines is 1. The molecule has 21 heavy (non-hydrogen) atoms. The maximum absolute atomic E-state index is 13.9. The molecular weight excluding hydrogens is 278 g/mol. The molecule has 0 N–H and O–H groups in total. The van der Waals surface area contributed by atoms with Gasteiger partial charge in [-0.2, -0.15) is 0 Å². The van der Waals surface area contributed by atoms with Crippen LogP contribution in [0.25, 0.3) is 0 Å². The first kappa shape index (κ1) is 13.4. The van der Waals surface area contributed by atoms with Crippen LogP contribution in [0.5, 0.6) is 0 Å². The molecule has 0 unspecified atom stereocenters. The molecule has 0 fully saturated rings. The van der Waals surface area contributed by atoms with E-state index in [1.807, 2.05) is 0 Å². The third-order valence-electron chi connectivity index (χ3n) is 3.39. The molecule has 4 nitrogen and oxygen atoms in total. The van der Waals surface area contributed by atoms with Gasteiger partial charge < -0.3 is 4.90 Å². The minimum absolute atomic E-state index is 0.0992. The van der Waals surface area contributed by atoms with E-state index in [4.69, 9.17) is 0 Å². The van der Waals surface area contributed by atoms with Gasteiger partial charge in [0, 0.05) is 18.9 Å². The molecule has 0 spiro atoms. The SMILES string of the molecule is O=C1C(=O)N(CCc2ccncc2)c2c(F)ccc(F)c21. The van der Waals surface area contributed by atoms with E-state index in [9.17, 15) is 18.4 Å². The molecule has 6 heteroatoms. The summed E-state index contributed by atoms with van der Waals surface area (Å²) in [6.07, 6.45) is 3.61. The summed E-state index contributed by atoms with van der Waals surface area (Å²) in [6, 6.07) is 5.28. The number of benzene rings is 1. The third-order valence-corrected chi connectivity index (χ3v) is 3.39. The van der Waals surface area contributed by atoms with Gasteiger partial charge in [0.2, 0.25) is 0 Å². The Bertz CT molecular complexity index is 732. The molecule has 106 valence electrons. The minimum Gasteiger partial charge on any atom is -0.302 e. The lowest BCUT2D eigenvalue weighted by Gasteiger charge is -2.17. The molecule has 0 bridgehead atoms. The molecule has 1 aliphatic heterocycles. The predicted octanol–water partition coefficient (Wildman–Crippen LogP) is 2.13. The summed E-state index contributed by atoms with van der Waals surface area (Å²) in [4.78, 5) is 28.6. The maximum atomic E-state index is 13.9. The van der Waals surface area contributed by atoms with Gasteiger partial charge in [-0.05, 0) is 36.2 Å². The fourth-order valence-electron chi connectivity index (χ4n) is 2.36. The summed E-state index contributed by atoms with van der Waals surface area (Å²) in [7, 11) is 0. The van der Waals surface area contributed by atoms with Gasteiger partial charge >= 0.3 is 0 Å². The number of halogens is 2. The summed E-state index contributed by atoms with van der Waals surface area (Å²) >= 11 is 0. The van der Waals surface area contributed by atoms with E-state index in [2.05, 4.69) is 4.98 Å². The second-order valence-corrected chi connectivity index (χ2v) is 4.64. The van der Waals surface area contributed by atoms with Crippen LogP contribution in [0.3, 0.4) is 0 Å². The van der Waals surface area contributed by atoms with Crippen molar-refractivity contribution in [3.8, 4) is 0 Å². The number of Topliss-reactive ketones (excluding diaryl/α,β-unsaturated/α-hetero) is 1. The van der Waals surface area contributed by atoms with Crippen LogP contribution in [-0.2, 0) is 11.2 Å². The summed E-state index contributed by atoms with van der Waals surface area (Å²) in [6.45, 7) is 0.0992. The van der Waals surface area contributed by atoms with E-state index in [0.717, 1.165) is 22.6 Å². The van der Waals surface area contributed by atoms with Crippen molar-refractivity contribution >= 4 is 17.4 Å². The lowest BCUT2D eigenvalue weighted by atomic mass is 10.1. The van der Waals surface area contributed by atoms with Crippen molar-refractivity contribution in [2.24, 2.45) is 0 Å². The van der Waals surface area contributed by atoms with Crippen LogP contribution in [0.4, 0.5) is 14.5 Å². The molecule has 0 radical (unpaired) electrons. The lowest BCUT2D eigenvalue weighted by molar-refractivity contribution is -0.114. The van der Waals surface area contributed by atoms with Gasteiger partial charge in [0.15, 0.2) is 0 Å². The molecule has 0 atom stereocenters. The summed E-state index contributed by atoms with van der Waals surface area (Å²) in [5, 5.41) is 0. The van der Waals surface area contributed by atoms with Crippen LogP contribution in [0.1, 0.15) is 15.9 Å². The largest absolute Gasteiger partial charge is 0.302 e. The van der Waals surface area contributed by atoms with E-state index in [1.54, 1.807) is 24.5 Å². The molecule has 2 heterocycles. The fourth-order valence-corrected chi connectivity index (χ4v) is 2.36. The Hall–Kier alpha value is -2.63. The van der Waals surface area contributed by atoms with Gasteiger partial charge in [-0.15, -0.1) is 0 Å². The number of nitrogens with zero attached hydrogens (tertiary/aromatic N) is 2. The molecule has 1 aromatic carbocycles.